The van der Waals surface area contributed by atoms with Crippen LogP contribution in [-0.2, 0) is 4.79 Å². The lowest BCUT2D eigenvalue weighted by Gasteiger charge is -2.15. The summed E-state index contributed by atoms with van der Waals surface area (Å²) in [4.78, 5) is 12.2. The van der Waals surface area contributed by atoms with E-state index in [0.717, 1.165) is 47.5 Å². The first kappa shape index (κ1) is 21.2. The van der Waals surface area contributed by atoms with Gasteiger partial charge in [-0.1, -0.05) is 67.6 Å². The maximum Gasteiger partial charge on any atom is 0.255 e. The SMILES string of the molecule is CCCCOc1ccc(C#Cc2ccc(C(C(=O)NO)c3ccccc3)cc2)cc1. The highest BCUT2D eigenvalue weighted by molar-refractivity contribution is 5.86. The fourth-order valence-corrected chi connectivity index (χ4v) is 3.08. The zero-order chi connectivity index (χ0) is 21.2. The largest absolute Gasteiger partial charge is 0.494 e. The second-order valence-electron chi connectivity index (χ2n) is 6.92. The molecule has 1 unspecified atom stereocenters. The number of amides is 1. The molecular weight excluding hydrogens is 374 g/mol. The van der Waals surface area contributed by atoms with E-state index in [1.165, 1.54) is 0 Å². The maximum atomic E-state index is 12.2. The van der Waals surface area contributed by atoms with Crippen molar-refractivity contribution < 1.29 is 14.7 Å². The molecule has 3 aromatic rings. The normalized spacial score (nSPS) is 11.1. The number of ether oxygens (including phenoxy) is 1. The van der Waals surface area contributed by atoms with Crippen LogP contribution >= 0.6 is 0 Å². The van der Waals surface area contributed by atoms with Gasteiger partial charge in [-0.15, -0.1) is 0 Å². The Balaban J connectivity index is 1.72. The van der Waals surface area contributed by atoms with Crippen molar-refractivity contribution in [2.45, 2.75) is 25.7 Å². The highest BCUT2D eigenvalue weighted by atomic mass is 16.5. The molecular formula is C26H25NO3. The lowest BCUT2D eigenvalue weighted by atomic mass is 9.90. The van der Waals surface area contributed by atoms with E-state index in [-0.39, 0.29) is 0 Å². The van der Waals surface area contributed by atoms with Gasteiger partial charge < -0.3 is 4.74 Å². The van der Waals surface area contributed by atoms with Gasteiger partial charge >= 0.3 is 0 Å². The third-order valence-corrected chi connectivity index (χ3v) is 4.72. The zero-order valence-corrected chi connectivity index (χ0v) is 17.0. The Hall–Kier alpha value is -3.55. The minimum Gasteiger partial charge on any atom is -0.494 e. The summed E-state index contributed by atoms with van der Waals surface area (Å²) in [5, 5.41) is 9.14. The topological polar surface area (TPSA) is 58.6 Å². The summed E-state index contributed by atoms with van der Waals surface area (Å²) in [5.41, 5.74) is 5.11. The number of carbonyl (C=O) groups is 1. The number of hydroxylamine groups is 1. The van der Waals surface area contributed by atoms with Crippen LogP contribution in [0.2, 0.25) is 0 Å². The van der Waals surface area contributed by atoms with E-state index >= 15 is 0 Å². The number of carbonyl (C=O) groups excluding carboxylic acids is 1. The van der Waals surface area contributed by atoms with Crippen LogP contribution in [0, 0.1) is 11.8 Å². The molecule has 0 aliphatic carbocycles. The van der Waals surface area contributed by atoms with Crippen LogP contribution in [0.1, 0.15) is 47.9 Å². The van der Waals surface area contributed by atoms with Crippen molar-refractivity contribution in [3.05, 3.63) is 101 Å². The predicted octanol–water partition coefficient (Wildman–Crippen LogP) is 4.90. The van der Waals surface area contributed by atoms with Gasteiger partial charge in [0.2, 0.25) is 0 Å². The third kappa shape index (κ3) is 5.73. The average Bonchev–Trinajstić information content (AvgIpc) is 2.80. The third-order valence-electron chi connectivity index (χ3n) is 4.72. The maximum absolute atomic E-state index is 12.2. The average molecular weight is 399 g/mol. The quantitative estimate of drug-likeness (QED) is 0.257. The molecule has 0 aliphatic rings. The monoisotopic (exact) mass is 399 g/mol. The Morgan fingerprint density at radius 1 is 0.900 bits per heavy atom. The summed E-state index contributed by atoms with van der Waals surface area (Å²) < 4.78 is 5.67. The minimum atomic E-state index is -0.585. The number of benzene rings is 3. The van der Waals surface area contributed by atoms with Gasteiger partial charge in [0.05, 0.1) is 12.5 Å². The first-order valence-electron chi connectivity index (χ1n) is 10.0. The molecule has 0 aromatic heterocycles. The summed E-state index contributed by atoms with van der Waals surface area (Å²) in [7, 11) is 0. The van der Waals surface area contributed by atoms with Crippen LogP contribution in [0.3, 0.4) is 0 Å². The number of nitrogens with one attached hydrogen (secondary N) is 1. The van der Waals surface area contributed by atoms with Crippen LogP contribution in [0.5, 0.6) is 5.75 Å². The summed E-state index contributed by atoms with van der Waals surface area (Å²) in [6, 6.07) is 24.6. The van der Waals surface area contributed by atoms with Crippen molar-refractivity contribution in [2.75, 3.05) is 6.61 Å². The van der Waals surface area contributed by atoms with Crippen molar-refractivity contribution in [1.82, 2.24) is 5.48 Å². The van der Waals surface area contributed by atoms with E-state index in [1.54, 1.807) is 5.48 Å². The first-order chi connectivity index (χ1) is 14.7. The van der Waals surface area contributed by atoms with E-state index in [1.807, 2.05) is 78.9 Å². The van der Waals surface area contributed by atoms with Gasteiger partial charge in [-0.25, -0.2) is 5.48 Å². The predicted molar refractivity (Wildman–Crippen MR) is 117 cm³/mol. The van der Waals surface area contributed by atoms with Gasteiger partial charge in [-0.05, 0) is 53.9 Å². The summed E-state index contributed by atoms with van der Waals surface area (Å²) in [6.45, 7) is 2.87. The number of hydrogen-bond donors (Lipinski definition) is 2. The highest BCUT2D eigenvalue weighted by Crippen LogP contribution is 2.25. The van der Waals surface area contributed by atoms with Crippen LogP contribution in [0.15, 0.2) is 78.9 Å². The van der Waals surface area contributed by atoms with Crippen molar-refractivity contribution in [3.63, 3.8) is 0 Å². The van der Waals surface area contributed by atoms with Crippen molar-refractivity contribution >= 4 is 5.91 Å². The van der Waals surface area contributed by atoms with Crippen LogP contribution < -0.4 is 10.2 Å². The van der Waals surface area contributed by atoms with Gasteiger partial charge in [0.15, 0.2) is 0 Å². The summed E-state index contributed by atoms with van der Waals surface area (Å²) >= 11 is 0. The minimum absolute atomic E-state index is 0.471. The Labute approximate surface area is 177 Å². The molecule has 1 amide bonds. The van der Waals surface area contributed by atoms with E-state index < -0.39 is 11.8 Å². The Bertz CT molecular complexity index is 1000. The molecule has 0 radical (unpaired) electrons. The molecule has 0 saturated heterocycles. The molecule has 3 aromatic carbocycles. The fourth-order valence-electron chi connectivity index (χ4n) is 3.08. The van der Waals surface area contributed by atoms with Crippen molar-refractivity contribution in [1.29, 1.82) is 0 Å². The van der Waals surface area contributed by atoms with Gasteiger partial charge in [0, 0.05) is 11.1 Å². The molecule has 0 aliphatic heterocycles. The number of rotatable bonds is 7. The van der Waals surface area contributed by atoms with Gasteiger partial charge in [0.1, 0.15) is 5.75 Å². The van der Waals surface area contributed by atoms with Crippen molar-refractivity contribution in [2.24, 2.45) is 0 Å². The molecule has 1 atom stereocenters. The molecule has 4 heteroatoms. The number of unbranched alkanes of at least 4 members (excludes halogenated alkanes) is 1. The van der Waals surface area contributed by atoms with Gasteiger partial charge in [-0.2, -0.15) is 0 Å². The standard InChI is InChI=1S/C26H25NO3/c1-2-3-19-30-24-17-13-21(14-18-24)10-9-20-11-15-23(16-12-20)25(26(28)27-29)22-7-5-4-6-8-22/h4-8,11-18,25,29H,2-3,19H2,1H3,(H,27,28). The lowest BCUT2D eigenvalue weighted by Crippen LogP contribution is -2.27. The lowest BCUT2D eigenvalue weighted by molar-refractivity contribution is -0.129. The van der Waals surface area contributed by atoms with E-state index in [0.29, 0.717) is 0 Å². The van der Waals surface area contributed by atoms with E-state index in [2.05, 4.69) is 18.8 Å². The molecule has 0 heterocycles. The molecule has 152 valence electrons. The van der Waals surface area contributed by atoms with Crippen molar-refractivity contribution in [3.8, 4) is 17.6 Å². The molecule has 3 rings (SSSR count). The summed E-state index contributed by atoms with van der Waals surface area (Å²) in [6.07, 6.45) is 2.15. The van der Waals surface area contributed by atoms with Gasteiger partial charge in [0.25, 0.3) is 5.91 Å². The van der Waals surface area contributed by atoms with E-state index in [4.69, 9.17) is 9.94 Å². The molecule has 0 saturated carbocycles. The number of hydrogen-bond acceptors (Lipinski definition) is 3. The Morgan fingerprint density at radius 3 is 2.03 bits per heavy atom. The zero-order valence-electron chi connectivity index (χ0n) is 17.0. The molecule has 0 spiro atoms. The molecule has 0 fully saturated rings. The molecule has 0 bridgehead atoms. The molecule has 30 heavy (non-hydrogen) atoms. The van der Waals surface area contributed by atoms with Crippen LogP contribution in [-0.4, -0.2) is 17.7 Å². The fraction of sp³-hybridized carbons (Fsp3) is 0.192. The second kappa shape index (κ2) is 10.8. The van der Waals surface area contributed by atoms with Gasteiger partial charge in [-0.3, -0.25) is 10.0 Å². The van der Waals surface area contributed by atoms with E-state index in [9.17, 15) is 4.79 Å². The molecule has 2 N–H and O–H groups in total. The Morgan fingerprint density at radius 2 is 1.47 bits per heavy atom. The molecule has 4 nitrogen and oxygen atoms in total. The highest BCUT2D eigenvalue weighted by Gasteiger charge is 2.22. The Kier molecular flexibility index (Phi) is 7.65. The van der Waals surface area contributed by atoms with Crippen LogP contribution in [0.4, 0.5) is 0 Å². The van der Waals surface area contributed by atoms with Crippen LogP contribution in [0.25, 0.3) is 0 Å². The smallest absolute Gasteiger partial charge is 0.255 e. The summed E-state index contributed by atoms with van der Waals surface area (Å²) in [5.74, 6) is 6.08. The first-order valence-corrected chi connectivity index (χ1v) is 10.0. The second-order valence-corrected chi connectivity index (χ2v) is 6.92.